The Kier molecular flexibility index (Phi) is 3.00. The van der Waals surface area contributed by atoms with E-state index in [0.717, 1.165) is 16.2 Å². The molecule has 0 bridgehead atoms. The number of aliphatic hydroxyl groups is 1. The Morgan fingerprint density at radius 2 is 2.17 bits per heavy atom. The summed E-state index contributed by atoms with van der Waals surface area (Å²) in [7, 11) is 1.60. The van der Waals surface area contributed by atoms with E-state index in [1.54, 1.807) is 20.1 Å². The normalized spacial score (nSPS) is 12.7. The molecule has 1 atom stereocenters. The lowest BCUT2D eigenvalue weighted by Gasteiger charge is -2.08. The highest BCUT2D eigenvalue weighted by Crippen LogP contribution is 2.25. The quantitative estimate of drug-likeness (QED) is 0.689. The summed E-state index contributed by atoms with van der Waals surface area (Å²) < 4.78 is 5.00. The lowest BCUT2D eigenvalue weighted by molar-refractivity contribution is 0.196. The molecular weight excluding hydrogens is 172 g/mol. The largest absolute Gasteiger partial charge is 0.497 e. The van der Waals surface area contributed by atoms with Gasteiger partial charge in [-0.25, -0.2) is 0 Å². The van der Waals surface area contributed by atoms with Crippen LogP contribution in [0.25, 0.3) is 0 Å². The van der Waals surface area contributed by atoms with Crippen LogP contribution in [0.1, 0.15) is 18.6 Å². The second kappa shape index (κ2) is 3.83. The van der Waals surface area contributed by atoms with Crippen LogP contribution in [0.15, 0.2) is 23.1 Å². The number of benzene rings is 1. The van der Waals surface area contributed by atoms with Gasteiger partial charge in [0.15, 0.2) is 0 Å². The van der Waals surface area contributed by atoms with Crippen LogP contribution in [0.5, 0.6) is 5.75 Å². The van der Waals surface area contributed by atoms with Crippen molar-refractivity contribution in [2.75, 3.05) is 7.11 Å². The molecule has 0 radical (unpaired) electrons. The van der Waals surface area contributed by atoms with Crippen LogP contribution in [0.3, 0.4) is 0 Å². The highest BCUT2D eigenvalue weighted by atomic mass is 32.1. The van der Waals surface area contributed by atoms with Gasteiger partial charge in [0.2, 0.25) is 0 Å². The molecule has 0 aliphatic rings. The molecule has 1 N–H and O–H groups in total. The summed E-state index contributed by atoms with van der Waals surface area (Å²) in [5, 5.41) is 9.28. The number of aliphatic hydroxyl groups excluding tert-OH is 1. The Bertz CT molecular complexity index is 271. The van der Waals surface area contributed by atoms with Crippen molar-refractivity contribution in [2.45, 2.75) is 17.9 Å². The molecule has 0 amide bonds. The summed E-state index contributed by atoms with van der Waals surface area (Å²) in [6, 6.07) is 5.40. The topological polar surface area (TPSA) is 29.5 Å². The molecule has 1 aromatic carbocycles. The summed E-state index contributed by atoms with van der Waals surface area (Å²) in [5.41, 5.74) is 0.819. The summed E-state index contributed by atoms with van der Waals surface area (Å²) in [5.74, 6) is 0.754. The molecule has 0 aliphatic heterocycles. The molecule has 12 heavy (non-hydrogen) atoms. The van der Waals surface area contributed by atoms with Crippen LogP contribution in [0, 0.1) is 0 Å². The van der Waals surface area contributed by atoms with Crippen molar-refractivity contribution >= 4 is 12.6 Å². The van der Waals surface area contributed by atoms with Crippen LogP contribution in [-0.4, -0.2) is 12.2 Å². The molecule has 0 spiro atoms. The van der Waals surface area contributed by atoms with Gasteiger partial charge in [0.1, 0.15) is 5.75 Å². The summed E-state index contributed by atoms with van der Waals surface area (Å²) in [4.78, 5) is 0.754. The number of thiol groups is 1. The second-order valence-corrected chi connectivity index (χ2v) is 3.08. The molecule has 0 fully saturated rings. The Labute approximate surface area is 77.6 Å². The van der Waals surface area contributed by atoms with Crippen molar-refractivity contribution in [3.63, 3.8) is 0 Å². The third-order valence-electron chi connectivity index (χ3n) is 1.69. The predicted molar refractivity (Wildman–Crippen MR) is 50.9 cm³/mol. The highest BCUT2D eigenvalue weighted by molar-refractivity contribution is 7.80. The summed E-state index contributed by atoms with van der Waals surface area (Å²) in [6.07, 6.45) is -0.483. The lowest BCUT2D eigenvalue weighted by atomic mass is 10.1. The van der Waals surface area contributed by atoms with Crippen LogP contribution < -0.4 is 4.74 Å². The maximum Gasteiger partial charge on any atom is 0.119 e. The SMILES string of the molecule is COc1ccc(C(C)O)c(S)c1. The van der Waals surface area contributed by atoms with E-state index in [2.05, 4.69) is 12.6 Å². The van der Waals surface area contributed by atoms with Crippen molar-refractivity contribution in [3.05, 3.63) is 23.8 Å². The molecule has 3 heteroatoms. The smallest absolute Gasteiger partial charge is 0.119 e. The molecule has 0 saturated carbocycles. The van der Waals surface area contributed by atoms with E-state index in [9.17, 15) is 5.11 Å². The van der Waals surface area contributed by atoms with Crippen LogP contribution >= 0.6 is 12.6 Å². The number of hydrogen-bond acceptors (Lipinski definition) is 3. The standard InChI is InChI=1S/C9H12O2S/c1-6(10)8-4-3-7(11-2)5-9(8)12/h3-6,10,12H,1-2H3. The van der Waals surface area contributed by atoms with Gasteiger partial charge in [0, 0.05) is 4.90 Å². The highest BCUT2D eigenvalue weighted by Gasteiger charge is 2.05. The van der Waals surface area contributed by atoms with Crippen molar-refractivity contribution < 1.29 is 9.84 Å². The fourth-order valence-corrected chi connectivity index (χ4v) is 1.39. The molecule has 0 saturated heterocycles. The predicted octanol–water partition coefficient (Wildman–Crippen LogP) is 2.04. The van der Waals surface area contributed by atoms with Gasteiger partial charge in [0.05, 0.1) is 13.2 Å². The number of methoxy groups -OCH3 is 1. The minimum atomic E-state index is -0.483. The lowest BCUT2D eigenvalue weighted by Crippen LogP contribution is -1.93. The van der Waals surface area contributed by atoms with Gasteiger partial charge in [0.25, 0.3) is 0 Å². The fraction of sp³-hybridized carbons (Fsp3) is 0.333. The first kappa shape index (κ1) is 9.42. The Balaban J connectivity index is 3.03. The molecule has 1 aromatic rings. The van der Waals surface area contributed by atoms with Gasteiger partial charge < -0.3 is 9.84 Å². The first-order chi connectivity index (χ1) is 5.65. The minimum Gasteiger partial charge on any atom is -0.497 e. The Morgan fingerprint density at radius 3 is 2.58 bits per heavy atom. The van der Waals surface area contributed by atoms with Crippen molar-refractivity contribution in [1.82, 2.24) is 0 Å². The van der Waals surface area contributed by atoms with Gasteiger partial charge in [-0.3, -0.25) is 0 Å². The van der Waals surface area contributed by atoms with Crippen molar-refractivity contribution in [3.8, 4) is 5.75 Å². The summed E-state index contributed by atoms with van der Waals surface area (Å²) in [6.45, 7) is 1.71. The Hall–Kier alpha value is -0.670. The monoisotopic (exact) mass is 184 g/mol. The zero-order valence-electron chi connectivity index (χ0n) is 7.11. The average molecular weight is 184 g/mol. The minimum absolute atomic E-state index is 0.483. The summed E-state index contributed by atoms with van der Waals surface area (Å²) >= 11 is 4.22. The van der Waals surface area contributed by atoms with E-state index < -0.39 is 6.10 Å². The fourth-order valence-electron chi connectivity index (χ4n) is 1.00. The third-order valence-corrected chi connectivity index (χ3v) is 2.07. The van der Waals surface area contributed by atoms with Crippen molar-refractivity contribution in [1.29, 1.82) is 0 Å². The van der Waals surface area contributed by atoms with E-state index in [-0.39, 0.29) is 0 Å². The molecule has 1 rings (SSSR count). The Morgan fingerprint density at radius 1 is 1.50 bits per heavy atom. The van der Waals surface area contributed by atoms with Gasteiger partial charge in [-0.15, -0.1) is 12.6 Å². The third kappa shape index (κ3) is 1.93. The zero-order chi connectivity index (χ0) is 9.14. The molecule has 2 nitrogen and oxygen atoms in total. The molecule has 0 aliphatic carbocycles. The van der Waals surface area contributed by atoms with E-state index in [1.807, 2.05) is 12.1 Å². The van der Waals surface area contributed by atoms with Gasteiger partial charge in [-0.2, -0.15) is 0 Å². The maximum absolute atomic E-state index is 9.28. The van der Waals surface area contributed by atoms with Crippen LogP contribution in [0.2, 0.25) is 0 Å². The van der Waals surface area contributed by atoms with E-state index in [1.165, 1.54) is 0 Å². The molecule has 66 valence electrons. The van der Waals surface area contributed by atoms with E-state index in [0.29, 0.717) is 0 Å². The molecule has 0 heterocycles. The van der Waals surface area contributed by atoms with E-state index in [4.69, 9.17) is 4.74 Å². The van der Waals surface area contributed by atoms with Gasteiger partial charge in [-0.05, 0) is 24.6 Å². The second-order valence-electron chi connectivity index (χ2n) is 2.60. The van der Waals surface area contributed by atoms with Gasteiger partial charge in [-0.1, -0.05) is 6.07 Å². The zero-order valence-corrected chi connectivity index (χ0v) is 8.01. The number of rotatable bonds is 2. The van der Waals surface area contributed by atoms with Gasteiger partial charge >= 0.3 is 0 Å². The molecular formula is C9H12O2S. The molecule has 0 aromatic heterocycles. The number of ether oxygens (including phenoxy) is 1. The average Bonchev–Trinajstić information content (AvgIpc) is 2.03. The van der Waals surface area contributed by atoms with Crippen LogP contribution in [-0.2, 0) is 0 Å². The number of hydrogen-bond donors (Lipinski definition) is 2. The van der Waals surface area contributed by atoms with Crippen molar-refractivity contribution in [2.24, 2.45) is 0 Å². The van der Waals surface area contributed by atoms with E-state index >= 15 is 0 Å². The maximum atomic E-state index is 9.28. The molecule has 1 unspecified atom stereocenters. The first-order valence-corrected chi connectivity index (χ1v) is 4.15. The van der Waals surface area contributed by atoms with Crippen LogP contribution in [0.4, 0.5) is 0 Å². The first-order valence-electron chi connectivity index (χ1n) is 3.70.